The molecule has 0 aliphatic heterocycles. The van der Waals surface area contributed by atoms with Gasteiger partial charge in [-0.1, -0.05) is 41.6 Å². The molecule has 1 rings (SSSR count). The third-order valence-electron chi connectivity index (χ3n) is 3.34. The number of carbonyl (C=O) groups is 1. The second-order valence-corrected chi connectivity index (χ2v) is 5.60. The number of amides is 1. The quantitative estimate of drug-likeness (QED) is 0.481. The van der Waals surface area contributed by atoms with Crippen molar-refractivity contribution in [3.63, 3.8) is 0 Å². The molecule has 0 heterocycles. The molecular weight excluding hydrogens is 280 g/mol. The van der Waals surface area contributed by atoms with Crippen LogP contribution in [0.5, 0.6) is 0 Å². The summed E-state index contributed by atoms with van der Waals surface area (Å²) >= 11 is 3.35. The third kappa shape index (κ3) is 5.08. The normalized spacial score (nSPS) is 19.1. The van der Waals surface area contributed by atoms with Gasteiger partial charge in [-0.3, -0.25) is 4.79 Å². The number of hydrogen-bond donors (Lipinski definition) is 1. The second-order valence-electron chi connectivity index (χ2n) is 4.80. The molecule has 1 aliphatic carbocycles. The zero-order valence-electron chi connectivity index (χ0n) is 10.3. The number of halogens is 1. The summed E-state index contributed by atoms with van der Waals surface area (Å²) in [6, 6.07) is 2.34. The molecule has 0 aromatic rings. The minimum absolute atomic E-state index is 0.0365. The molecule has 0 radical (unpaired) electrons. The largest absolute Gasteiger partial charge is 0.338 e. The Balaban J connectivity index is 2.44. The van der Waals surface area contributed by atoms with Gasteiger partial charge in [0.25, 0.3) is 0 Å². The Morgan fingerprint density at radius 3 is 2.41 bits per heavy atom. The van der Waals surface area contributed by atoms with Crippen LogP contribution in [0.4, 0.5) is 0 Å². The SMILES string of the molecule is N#CC1(NC(=O)CCCCBr)CCCCCC1. The fourth-order valence-corrected chi connectivity index (χ4v) is 2.70. The summed E-state index contributed by atoms with van der Waals surface area (Å²) in [5, 5.41) is 13.2. The van der Waals surface area contributed by atoms with E-state index in [9.17, 15) is 10.1 Å². The first-order valence-electron chi connectivity index (χ1n) is 6.51. The molecule has 0 aromatic heterocycles. The van der Waals surface area contributed by atoms with E-state index in [1.807, 2.05) is 0 Å². The summed E-state index contributed by atoms with van der Waals surface area (Å²) in [5.74, 6) is 0.0365. The molecule has 1 saturated carbocycles. The van der Waals surface area contributed by atoms with Crippen molar-refractivity contribution in [1.29, 1.82) is 5.26 Å². The van der Waals surface area contributed by atoms with Crippen LogP contribution in [0.1, 0.15) is 57.8 Å². The highest BCUT2D eigenvalue weighted by molar-refractivity contribution is 9.09. The first-order chi connectivity index (χ1) is 8.22. The molecule has 0 spiro atoms. The van der Waals surface area contributed by atoms with Crippen LogP contribution >= 0.6 is 15.9 Å². The molecule has 1 aliphatic rings. The van der Waals surface area contributed by atoms with Gasteiger partial charge in [0.1, 0.15) is 5.54 Å². The van der Waals surface area contributed by atoms with Crippen molar-refractivity contribution in [3.8, 4) is 6.07 Å². The summed E-state index contributed by atoms with van der Waals surface area (Å²) in [4.78, 5) is 11.8. The van der Waals surface area contributed by atoms with Crippen LogP contribution in [-0.2, 0) is 4.79 Å². The van der Waals surface area contributed by atoms with E-state index in [1.54, 1.807) is 0 Å². The monoisotopic (exact) mass is 300 g/mol. The van der Waals surface area contributed by atoms with Crippen molar-refractivity contribution >= 4 is 21.8 Å². The minimum atomic E-state index is -0.581. The fourth-order valence-electron chi connectivity index (χ4n) is 2.31. The highest BCUT2D eigenvalue weighted by atomic mass is 79.9. The molecule has 1 fully saturated rings. The van der Waals surface area contributed by atoms with Gasteiger partial charge in [0.2, 0.25) is 5.91 Å². The van der Waals surface area contributed by atoms with E-state index in [-0.39, 0.29) is 5.91 Å². The summed E-state index contributed by atoms with van der Waals surface area (Å²) in [5.41, 5.74) is -0.581. The number of carbonyl (C=O) groups excluding carboxylic acids is 1. The van der Waals surface area contributed by atoms with Crippen molar-refractivity contribution in [2.24, 2.45) is 0 Å². The summed E-state index contributed by atoms with van der Waals surface area (Å²) in [6.45, 7) is 0. The van der Waals surface area contributed by atoms with Crippen molar-refractivity contribution in [2.75, 3.05) is 5.33 Å². The number of nitrogens with zero attached hydrogens (tertiary/aromatic N) is 1. The van der Waals surface area contributed by atoms with Crippen molar-refractivity contribution < 1.29 is 4.79 Å². The van der Waals surface area contributed by atoms with Gasteiger partial charge in [0.15, 0.2) is 0 Å². The van der Waals surface area contributed by atoms with Crippen LogP contribution in [-0.4, -0.2) is 16.8 Å². The number of nitriles is 1. The average molecular weight is 301 g/mol. The predicted octanol–water partition coefficient (Wildman–Crippen LogP) is 3.28. The maximum atomic E-state index is 11.8. The number of rotatable bonds is 5. The van der Waals surface area contributed by atoms with E-state index in [4.69, 9.17) is 0 Å². The van der Waals surface area contributed by atoms with Gasteiger partial charge >= 0.3 is 0 Å². The van der Waals surface area contributed by atoms with Gasteiger partial charge in [-0.15, -0.1) is 0 Å². The zero-order chi connectivity index (χ0) is 12.6. The third-order valence-corrected chi connectivity index (χ3v) is 3.90. The molecule has 3 nitrogen and oxygen atoms in total. The van der Waals surface area contributed by atoms with Crippen molar-refractivity contribution in [3.05, 3.63) is 0 Å². The molecule has 0 bridgehead atoms. The van der Waals surface area contributed by atoms with Crippen LogP contribution in [0, 0.1) is 11.3 Å². The van der Waals surface area contributed by atoms with Crippen LogP contribution in [0.2, 0.25) is 0 Å². The van der Waals surface area contributed by atoms with Gasteiger partial charge in [-0.25, -0.2) is 0 Å². The number of nitrogens with one attached hydrogen (secondary N) is 1. The number of unbranched alkanes of at least 4 members (excludes halogenated alkanes) is 1. The van der Waals surface area contributed by atoms with Gasteiger partial charge in [-0.2, -0.15) is 5.26 Å². The summed E-state index contributed by atoms with van der Waals surface area (Å²) < 4.78 is 0. The molecule has 0 atom stereocenters. The van der Waals surface area contributed by atoms with Gasteiger partial charge < -0.3 is 5.32 Å². The standard InChI is InChI=1S/C13H21BrN2O/c14-10-6-3-7-12(17)16-13(11-15)8-4-1-2-5-9-13/h1-10H2,(H,16,17). The van der Waals surface area contributed by atoms with Crippen molar-refractivity contribution in [1.82, 2.24) is 5.32 Å². The Kier molecular flexibility index (Phi) is 6.57. The molecule has 0 aromatic carbocycles. The lowest BCUT2D eigenvalue weighted by molar-refractivity contribution is -0.122. The molecule has 96 valence electrons. The van der Waals surface area contributed by atoms with Gasteiger partial charge in [0, 0.05) is 11.8 Å². The van der Waals surface area contributed by atoms with E-state index in [0.29, 0.717) is 6.42 Å². The molecule has 0 saturated heterocycles. The van der Waals surface area contributed by atoms with E-state index in [0.717, 1.165) is 43.9 Å². The summed E-state index contributed by atoms with van der Waals surface area (Å²) in [7, 11) is 0. The molecule has 1 N–H and O–H groups in total. The average Bonchev–Trinajstić information content (AvgIpc) is 2.56. The van der Waals surface area contributed by atoms with Crippen molar-refractivity contribution in [2.45, 2.75) is 63.3 Å². The smallest absolute Gasteiger partial charge is 0.221 e. The Labute approximate surface area is 112 Å². The molecule has 17 heavy (non-hydrogen) atoms. The Bertz CT molecular complexity index is 278. The lowest BCUT2D eigenvalue weighted by Gasteiger charge is -2.26. The van der Waals surface area contributed by atoms with E-state index < -0.39 is 5.54 Å². The van der Waals surface area contributed by atoms with Gasteiger partial charge in [-0.05, 0) is 25.7 Å². The van der Waals surface area contributed by atoms with Crippen LogP contribution < -0.4 is 5.32 Å². The van der Waals surface area contributed by atoms with E-state index in [2.05, 4.69) is 27.3 Å². The first kappa shape index (κ1) is 14.5. The maximum absolute atomic E-state index is 11.8. The predicted molar refractivity (Wildman–Crippen MR) is 71.8 cm³/mol. The topological polar surface area (TPSA) is 52.9 Å². The summed E-state index contributed by atoms with van der Waals surface area (Å²) in [6.07, 6.45) is 8.53. The van der Waals surface area contributed by atoms with Crippen LogP contribution in [0.25, 0.3) is 0 Å². The number of hydrogen-bond acceptors (Lipinski definition) is 2. The Hall–Kier alpha value is -0.560. The molecule has 0 unspecified atom stereocenters. The molecule has 4 heteroatoms. The van der Waals surface area contributed by atoms with Crippen LogP contribution in [0.15, 0.2) is 0 Å². The minimum Gasteiger partial charge on any atom is -0.338 e. The zero-order valence-corrected chi connectivity index (χ0v) is 11.9. The number of alkyl halides is 1. The Morgan fingerprint density at radius 1 is 1.24 bits per heavy atom. The highest BCUT2D eigenvalue weighted by Crippen LogP contribution is 2.26. The molecule has 1 amide bonds. The molecular formula is C13H21BrN2O. The van der Waals surface area contributed by atoms with Crippen LogP contribution in [0.3, 0.4) is 0 Å². The van der Waals surface area contributed by atoms with Gasteiger partial charge in [0.05, 0.1) is 6.07 Å². The maximum Gasteiger partial charge on any atom is 0.221 e. The van der Waals surface area contributed by atoms with E-state index in [1.165, 1.54) is 12.8 Å². The van der Waals surface area contributed by atoms with E-state index >= 15 is 0 Å². The highest BCUT2D eigenvalue weighted by Gasteiger charge is 2.32. The first-order valence-corrected chi connectivity index (χ1v) is 7.63. The lowest BCUT2D eigenvalue weighted by atomic mass is 9.91. The Morgan fingerprint density at radius 2 is 1.88 bits per heavy atom. The lowest BCUT2D eigenvalue weighted by Crippen LogP contribution is -2.46. The second kappa shape index (κ2) is 7.71. The fraction of sp³-hybridized carbons (Fsp3) is 0.846.